The van der Waals surface area contributed by atoms with Gasteiger partial charge in [-0.05, 0) is 46.2 Å². The van der Waals surface area contributed by atoms with Gasteiger partial charge in [0, 0.05) is 30.9 Å². The van der Waals surface area contributed by atoms with Gasteiger partial charge in [-0.25, -0.2) is 9.18 Å². The molecule has 1 aliphatic rings. The third-order valence-corrected chi connectivity index (χ3v) is 3.80. The van der Waals surface area contributed by atoms with E-state index < -0.39 is 5.60 Å². The molecule has 6 heteroatoms. The van der Waals surface area contributed by atoms with Crippen LogP contribution in [-0.4, -0.2) is 41.7 Å². The van der Waals surface area contributed by atoms with Crippen LogP contribution in [0.1, 0.15) is 38.8 Å². The van der Waals surface area contributed by atoms with Crippen molar-refractivity contribution >= 4 is 6.09 Å². The number of carbonyl (C=O) groups is 1. The number of nitrogens with zero attached hydrogens (tertiary/aromatic N) is 2. The molecule has 2 atom stereocenters. The first-order valence-corrected chi connectivity index (χ1v) is 7.56. The van der Waals surface area contributed by atoms with Crippen molar-refractivity contribution in [1.29, 1.82) is 0 Å². The standard InChI is InChI=1S/C16H24FN3O2/c1-16(2,3)22-15(21)20-8-6-11(10-20)14(18-4)12-5-7-19-9-13(12)17/h5,7,9,11,14,18H,6,8,10H2,1-4H3. The summed E-state index contributed by atoms with van der Waals surface area (Å²) >= 11 is 0. The minimum absolute atomic E-state index is 0.143. The van der Waals surface area contributed by atoms with Crippen LogP contribution in [0.4, 0.5) is 9.18 Å². The van der Waals surface area contributed by atoms with Gasteiger partial charge < -0.3 is 15.0 Å². The van der Waals surface area contributed by atoms with Crippen molar-refractivity contribution in [2.24, 2.45) is 5.92 Å². The largest absolute Gasteiger partial charge is 0.444 e. The van der Waals surface area contributed by atoms with Gasteiger partial charge in [-0.2, -0.15) is 0 Å². The number of amides is 1. The number of nitrogens with one attached hydrogen (secondary N) is 1. The molecule has 0 saturated carbocycles. The van der Waals surface area contributed by atoms with E-state index in [9.17, 15) is 9.18 Å². The lowest BCUT2D eigenvalue weighted by Gasteiger charge is -2.26. The molecule has 1 aromatic heterocycles. The van der Waals surface area contributed by atoms with E-state index in [4.69, 9.17) is 4.74 Å². The third kappa shape index (κ3) is 3.94. The van der Waals surface area contributed by atoms with Crippen molar-refractivity contribution in [2.75, 3.05) is 20.1 Å². The fourth-order valence-electron chi connectivity index (χ4n) is 2.84. The highest BCUT2D eigenvalue weighted by Gasteiger charge is 2.34. The summed E-state index contributed by atoms with van der Waals surface area (Å²) in [7, 11) is 1.81. The van der Waals surface area contributed by atoms with Crippen LogP contribution >= 0.6 is 0 Å². The fourth-order valence-corrected chi connectivity index (χ4v) is 2.84. The highest BCUT2D eigenvalue weighted by Crippen LogP contribution is 2.31. The first-order valence-electron chi connectivity index (χ1n) is 7.56. The van der Waals surface area contributed by atoms with Gasteiger partial charge in [0.25, 0.3) is 0 Å². The van der Waals surface area contributed by atoms with E-state index in [1.54, 1.807) is 24.2 Å². The molecule has 2 rings (SSSR count). The van der Waals surface area contributed by atoms with Gasteiger partial charge in [0.05, 0.1) is 6.20 Å². The van der Waals surface area contributed by atoms with Gasteiger partial charge in [-0.3, -0.25) is 4.98 Å². The molecule has 22 heavy (non-hydrogen) atoms. The molecule has 0 aromatic carbocycles. The summed E-state index contributed by atoms with van der Waals surface area (Å²) in [5, 5.41) is 3.16. The number of aromatic nitrogens is 1. The molecular weight excluding hydrogens is 285 g/mol. The van der Waals surface area contributed by atoms with Crippen LogP contribution in [-0.2, 0) is 4.74 Å². The van der Waals surface area contributed by atoms with Crippen LogP contribution in [0.15, 0.2) is 18.5 Å². The molecule has 1 N–H and O–H groups in total. The smallest absolute Gasteiger partial charge is 0.410 e. The van der Waals surface area contributed by atoms with E-state index in [0.717, 1.165) is 6.42 Å². The monoisotopic (exact) mass is 309 g/mol. The third-order valence-electron chi connectivity index (χ3n) is 3.80. The SMILES string of the molecule is CNC(c1ccncc1F)C1CCN(C(=O)OC(C)(C)C)C1. The van der Waals surface area contributed by atoms with Crippen molar-refractivity contribution in [3.05, 3.63) is 29.8 Å². The second kappa shape index (κ2) is 6.60. The first kappa shape index (κ1) is 16.7. The van der Waals surface area contributed by atoms with Crippen molar-refractivity contribution in [3.8, 4) is 0 Å². The quantitative estimate of drug-likeness (QED) is 0.933. The maximum atomic E-state index is 14.0. The number of carbonyl (C=O) groups excluding carboxylic acids is 1. The number of hydrogen-bond donors (Lipinski definition) is 1. The van der Waals surface area contributed by atoms with Crippen LogP contribution < -0.4 is 5.32 Å². The van der Waals surface area contributed by atoms with Gasteiger partial charge in [0.2, 0.25) is 0 Å². The summed E-state index contributed by atoms with van der Waals surface area (Å²) in [4.78, 5) is 17.6. The lowest BCUT2D eigenvalue weighted by atomic mass is 9.93. The molecule has 1 fully saturated rings. The van der Waals surface area contributed by atoms with Crippen LogP contribution in [0.3, 0.4) is 0 Å². The maximum Gasteiger partial charge on any atom is 0.410 e. The maximum absolute atomic E-state index is 14.0. The Morgan fingerprint density at radius 1 is 1.55 bits per heavy atom. The molecule has 0 spiro atoms. The molecule has 0 radical (unpaired) electrons. The summed E-state index contributed by atoms with van der Waals surface area (Å²) in [5.41, 5.74) is 0.0861. The molecule has 1 amide bonds. The average molecular weight is 309 g/mol. The summed E-state index contributed by atoms with van der Waals surface area (Å²) in [6.45, 7) is 6.73. The Hall–Kier alpha value is -1.69. The van der Waals surface area contributed by atoms with Crippen LogP contribution in [0, 0.1) is 11.7 Å². The first-order chi connectivity index (χ1) is 10.3. The minimum atomic E-state index is -0.505. The summed E-state index contributed by atoms with van der Waals surface area (Å²) < 4.78 is 19.3. The van der Waals surface area contributed by atoms with E-state index in [-0.39, 0.29) is 23.9 Å². The van der Waals surface area contributed by atoms with E-state index in [2.05, 4.69) is 10.3 Å². The Labute approximate surface area is 130 Å². The number of pyridine rings is 1. The van der Waals surface area contributed by atoms with Crippen molar-refractivity contribution in [3.63, 3.8) is 0 Å². The number of ether oxygens (including phenoxy) is 1. The van der Waals surface area contributed by atoms with Gasteiger partial charge in [0.1, 0.15) is 11.4 Å². The lowest BCUT2D eigenvalue weighted by molar-refractivity contribution is 0.0285. The van der Waals surface area contributed by atoms with E-state index in [0.29, 0.717) is 18.7 Å². The normalized spacial score (nSPS) is 20.0. The summed E-state index contributed by atoms with van der Waals surface area (Å²) in [5.74, 6) is -0.174. The molecule has 5 nitrogen and oxygen atoms in total. The van der Waals surface area contributed by atoms with E-state index in [1.165, 1.54) is 6.20 Å². The summed E-state index contributed by atoms with van der Waals surface area (Å²) in [6.07, 6.45) is 3.32. The van der Waals surface area contributed by atoms with Crippen LogP contribution in [0.5, 0.6) is 0 Å². The Morgan fingerprint density at radius 2 is 2.27 bits per heavy atom. The van der Waals surface area contributed by atoms with Crippen LogP contribution in [0.2, 0.25) is 0 Å². The predicted octanol–water partition coefficient (Wildman–Crippen LogP) is 2.74. The topological polar surface area (TPSA) is 54.5 Å². The zero-order chi connectivity index (χ0) is 16.3. The number of likely N-dealkylation sites (tertiary alicyclic amines) is 1. The van der Waals surface area contributed by atoms with Gasteiger partial charge in [-0.15, -0.1) is 0 Å². The predicted molar refractivity (Wildman–Crippen MR) is 81.9 cm³/mol. The number of rotatable bonds is 3. The van der Waals surface area contributed by atoms with Crippen molar-refractivity contribution < 1.29 is 13.9 Å². The Morgan fingerprint density at radius 3 is 2.86 bits per heavy atom. The molecule has 0 aliphatic carbocycles. The van der Waals surface area contributed by atoms with Crippen molar-refractivity contribution in [1.82, 2.24) is 15.2 Å². The highest BCUT2D eigenvalue weighted by molar-refractivity contribution is 5.68. The number of hydrogen-bond acceptors (Lipinski definition) is 4. The minimum Gasteiger partial charge on any atom is -0.444 e. The average Bonchev–Trinajstić information content (AvgIpc) is 2.89. The highest BCUT2D eigenvalue weighted by atomic mass is 19.1. The molecular formula is C16H24FN3O2. The molecule has 2 unspecified atom stereocenters. The Kier molecular flexibility index (Phi) is 5.01. The van der Waals surface area contributed by atoms with Gasteiger partial charge >= 0.3 is 6.09 Å². The second-order valence-corrected chi connectivity index (χ2v) is 6.64. The molecule has 0 bridgehead atoms. The lowest BCUT2D eigenvalue weighted by Crippen LogP contribution is -2.36. The molecule has 1 aromatic rings. The molecule has 1 saturated heterocycles. The molecule has 1 aliphatic heterocycles. The van der Waals surface area contributed by atoms with Crippen molar-refractivity contribution in [2.45, 2.75) is 38.8 Å². The molecule has 2 heterocycles. The summed E-state index contributed by atoms with van der Waals surface area (Å²) in [6, 6.07) is 1.54. The Bertz CT molecular complexity index is 530. The van der Waals surface area contributed by atoms with Gasteiger partial charge in [-0.1, -0.05) is 0 Å². The van der Waals surface area contributed by atoms with E-state index >= 15 is 0 Å². The second-order valence-electron chi connectivity index (χ2n) is 6.64. The number of halogens is 1. The van der Waals surface area contributed by atoms with E-state index in [1.807, 2.05) is 20.8 Å². The zero-order valence-electron chi connectivity index (χ0n) is 13.6. The Balaban J connectivity index is 2.05. The zero-order valence-corrected chi connectivity index (χ0v) is 13.6. The van der Waals surface area contributed by atoms with Gasteiger partial charge in [0.15, 0.2) is 0 Å². The molecule has 122 valence electrons. The fraction of sp³-hybridized carbons (Fsp3) is 0.625. The van der Waals surface area contributed by atoms with Crippen LogP contribution in [0.25, 0.3) is 0 Å².